The van der Waals surface area contributed by atoms with E-state index in [4.69, 9.17) is 0 Å². The normalized spacial score (nSPS) is 9.25. The van der Waals surface area contributed by atoms with Gasteiger partial charge in [-0.1, -0.05) is 45.8 Å². The van der Waals surface area contributed by atoms with Crippen molar-refractivity contribution in [2.75, 3.05) is 0 Å². The molecule has 0 aliphatic heterocycles. The monoisotopic (exact) mass is 112 g/mol. The van der Waals surface area contributed by atoms with Crippen LogP contribution in [0.1, 0.15) is 33.1 Å². The van der Waals surface area contributed by atoms with Gasteiger partial charge in [0, 0.05) is 0 Å². The van der Waals surface area contributed by atoms with Crippen molar-refractivity contribution in [3.8, 4) is 0 Å². The van der Waals surface area contributed by atoms with E-state index in [1.165, 1.54) is 39.2 Å². The molecule has 0 fully saturated rings. The second kappa shape index (κ2) is 7.06. The van der Waals surface area contributed by atoms with Crippen LogP contribution in [0.3, 0.4) is 0 Å². The fraction of sp³-hybridized carbons (Fsp3) is 1.00. The highest BCUT2D eigenvalue weighted by Gasteiger charge is 1.85. The third-order valence-corrected chi connectivity index (χ3v) is 1.46. The molecule has 0 aromatic rings. The number of unbranched alkanes of at least 4 members (excludes halogenated alkanes) is 2. The minimum Gasteiger partial charge on any atom is -0.0803 e. The molecule has 0 unspecified atom stereocenters. The minimum absolute atomic E-state index is 1.36. The Morgan fingerprint density at radius 1 is 1.12 bits per heavy atom. The molecule has 0 aliphatic carbocycles. The van der Waals surface area contributed by atoms with E-state index in [1.54, 1.807) is 0 Å². The van der Waals surface area contributed by atoms with E-state index in [1.807, 2.05) is 0 Å². The van der Waals surface area contributed by atoms with E-state index in [0.29, 0.717) is 0 Å². The molecular formula is C7H17B. The molecule has 8 heavy (non-hydrogen) atoms. The lowest BCUT2D eigenvalue weighted by molar-refractivity contribution is 0.768. The van der Waals surface area contributed by atoms with Crippen molar-refractivity contribution in [1.82, 2.24) is 0 Å². The Morgan fingerprint density at radius 3 is 2.38 bits per heavy atom. The second-order valence-electron chi connectivity index (χ2n) is 2.41. The van der Waals surface area contributed by atoms with Gasteiger partial charge in [-0.3, -0.25) is 0 Å². The van der Waals surface area contributed by atoms with E-state index in [-0.39, 0.29) is 0 Å². The maximum Gasteiger partial charge on any atom is 0.120 e. The molecular weight excluding hydrogens is 94.9 g/mol. The highest BCUT2D eigenvalue weighted by atomic mass is 13.8. The molecule has 0 bridgehead atoms. The number of hydrogen-bond donors (Lipinski definition) is 0. The maximum absolute atomic E-state index is 2.26. The smallest absolute Gasteiger partial charge is 0.0803 e. The lowest BCUT2D eigenvalue weighted by Crippen LogP contribution is -1.84. The molecule has 0 N–H and O–H groups in total. The molecule has 0 heterocycles. The van der Waals surface area contributed by atoms with Crippen LogP contribution in [-0.2, 0) is 0 Å². The van der Waals surface area contributed by atoms with E-state index >= 15 is 0 Å². The summed E-state index contributed by atoms with van der Waals surface area (Å²) >= 11 is 0. The van der Waals surface area contributed by atoms with E-state index in [2.05, 4.69) is 13.8 Å². The molecule has 0 radical (unpaired) electrons. The molecule has 0 aromatic heterocycles. The van der Waals surface area contributed by atoms with Gasteiger partial charge in [0.15, 0.2) is 0 Å². The molecule has 48 valence electrons. The van der Waals surface area contributed by atoms with Crippen LogP contribution in [0.4, 0.5) is 0 Å². The minimum atomic E-state index is 1.36. The third kappa shape index (κ3) is 6.06. The van der Waals surface area contributed by atoms with Gasteiger partial charge in [0.25, 0.3) is 0 Å². The summed E-state index contributed by atoms with van der Waals surface area (Å²) < 4.78 is 0. The molecule has 0 atom stereocenters. The Kier molecular flexibility index (Phi) is 7.12. The van der Waals surface area contributed by atoms with Gasteiger partial charge in [0.05, 0.1) is 0 Å². The zero-order chi connectivity index (χ0) is 6.24. The van der Waals surface area contributed by atoms with Crippen LogP contribution < -0.4 is 0 Å². The molecule has 0 spiro atoms. The summed E-state index contributed by atoms with van der Waals surface area (Å²) in [6.45, 7) is 4.51. The van der Waals surface area contributed by atoms with Crippen molar-refractivity contribution in [3.63, 3.8) is 0 Å². The Hall–Kier alpha value is 0.0649. The SMILES string of the molecule is CCBCCCCC. The summed E-state index contributed by atoms with van der Waals surface area (Å²) in [5, 5.41) is 0. The molecule has 0 amide bonds. The Balaban J connectivity index is 2.53. The zero-order valence-corrected chi connectivity index (χ0v) is 6.24. The van der Waals surface area contributed by atoms with Gasteiger partial charge in [-0.2, -0.15) is 0 Å². The number of rotatable bonds is 5. The predicted octanol–water partition coefficient (Wildman–Crippen LogP) is 2.47. The van der Waals surface area contributed by atoms with Gasteiger partial charge < -0.3 is 0 Å². The van der Waals surface area contributed by atoms with Crippen LogP contribution in [0.5, 0.6) is 0 Å². The fourth-order valence-electron chi connectivity index (χ4n) is 0.854. The molecule has 0 aromatic carbocycles. The van der Waals surface area contributed by atoms with E-state index in [0.717, 1.165) is 0 Å². The van der Waals surface area contributed by atoms with Crippen molar-refractivity contribution < 1.29 is 0 Å². The van der Waals surface area contributed by atoms with Crippen LogP contribution >= 0.6 is 0 Å². The van der Waals surface area contributed by atoms with Gasteiger partial charge in [-0.25, -0.2) is 0 Å². The average molecular weight is 112 g/mol. The second-order valence-corrected chi connectivity index (χ2v) is 2.41. The van der Waals surface area contributed by atoms with Crippen LogP contribution in [0.15, 0.2) is 0 Å². The molecule has 0 nitrogen and oxygen atoms in total. The van der Waals surface area contributed by atoms with Crippen LogP contribution in [0.2, 0.25) is 12.6 Å². The Labute approximate surface area is 53.9 Å². The van der Waals surface area contributed by atoms with Gasteiger partial charge in [-0.15, -0.1) is 0 Å². The molecule has 0 rings (SSSR count). The summed E-state index contributed by atoms with van der Waals surface area (Å²) in [7, 11) is 1.43. The summed E-state index contributed by atoms with van der Waals surface area (Å²) in [4.78, 5) is 0. The first-order valence-electron chi connectivity index (χ1n) is 3.91. The van der Waals surface area contributed by atoms with Crippen molar-refractivity contribution in [3.05, 3.63) is 0 Å². The third-order valence-electron chi connectivity index (χ3n) is 1.46. The zero-order valence-electron chi connectivity index (χ0n) is 6.24. The first-order chi connectivity index (χ1) is 3.91. The Bertz CT molecular complexity index is 29.4. The summed E-state index contributed by atoms with van der Waals surface area (Å²) in [5.41, 5.74) is 0. The lowest BCUT2D eigenvalue weighted by atomic mass is 9.70. The van der Waals surface area contributed by atoms with Gasteiger partial charge in [-0.05, 0) is 0 Å². The Morgan fingerprint density at radius 2 is 1.88 bits per heavy atom. The van der Waals surface area contributed by atoms with Crippen molar-refractivity contribution in [1.29, 1.82) is 0 Å². The summed E-state index contributed by atoms with van der Waals surface area (Å²) in [6.07, 6.45) is 7.06. The molecule has 0 aliphatic rings. The first-order valence-corrected chi connectivity index (χ1v) is 3.91. The fourth-order valence-corrected chi connectivity index (χ4v) is 0.854. The predicted molar refractivity (Wildman–Crippen MR) is 42.0 cm³/mol. The van der Waals surface area contributed by atoms with Crippen LogP contribution in [0, 0.1) is 0 Å². The lowest BCUT2D eigenvalue weighted by Gasteiger charge is -1.92. The van der Waals surface area contributed by atoms with Crippen molar-refractivity contribution in [2.45, 2.75) is 45.8 Å². The van der Waals surface area contributed by atoms with Gasteiger partial charge in [0.1, 0.15) is 7.28 Å². The van der Waals surface area contributed by atoms with Crippen molar-refractivity contribution >= 4 is 7.28 Å². The standard InChI is InChI=1S/C7H17B/c1-3-5-6-7-8-4-2/h8H,3-7H2,1-2H3. The highest BCUT2D eigenvalue weighted by molar-refractivity contribution is 6.35. The van der Waals surface area contributed by atoms with E-state index < -0.39 is 0 Å². The highest BCUT2D eigenvalue weighted by Crippen LogP contribution is 1.98. The average Bonchev–Trinajstić information content (AvgIpc) is 1.81. The molecule has 1 heteroatoms. The topological polar surface area (TPSA) is 0 Å². The summed E-state index contributed by atoms with van der Waals surface area (Å²) in [6, 6.07) is 0. The van der Waals surface area contributed by atoms with Crippen LogP contribution in [-0.4, -0.2) is 7.28 Å². The van der Waals surface area contributed by atoms with Crippen molar-refractivity contribution in [2.24, 2.45) is 0 Å². The molecule has 0 saturated heterocycles. The van der Waals surface area contributed by atoms with Crippen LogP contribution in [0.25, 0.3) is 0 Å². The quantitative estimate of drug-likeness (QED) is 0.378. The maximum atomic E-state index is 2.26. The van der Waals surface area contributed by atoms with Gasteiger partial charge >= 0.3 is 0 Å². The largest absolute Gasteiger partial charge is 0.120 e. The first kappa shape index (κ1) is 8.06. The number of hydrogen-bond acceptors (Lipinski definition) is 0. The van der Waals surface area contributed by atoms with Gasteiger partial charge in [0.2, 0.25) is 0 Å². The van der Waals surface area contributed by atoms with E-state index in [9.17, 15) is 0 Å². The molecule has 0 saturated carbocycles. The summed E-state index contributed by atoms with van der Waals surface area (Å²) in [5.74, 6) is 0.